The highest BCUT2D eigenvalue weighted by Gasteiger charge is 2.63. The SMILES string of the molecule is C.C.CC#C/C(C=NCCC)=C/C.CCC[C@@]1(C)CC[C@@]2(C)[C@H](CCC3[C@@H]2[C@@H](CC)C[C@]2(C)[C@@H]([C@H](C)CC)CC[C@@H]32)C1. The Labute approximate surface area is 266 Å². The summed E-state index contributed by atoms with van der Waals surface area (Å²) in [7, 11) is 0. The van der Waals surface area contributed by atoms with Crippen molar-refractivity contribution in [2.75, 3.05) is 6.54 Å². The molecule has 1 heteroatoms. The molecule has 1 nitrogen and oxygen atoms in total. The first kappa shape index (κ1) is 39.0. The van der Waals surface area contributed by atoms with Gasteiger partial charge in [0.25, 0.3) is 0 Å². The third-order valence-electron chi connectivity index (χ3n) is 13.1. The minimum absolute atomic E-state index is 0. The molecule has 4 rings (SSSR count). The second-order valence-corrected chi connectivity index (χ2v) is 15.4. The Kier molecular flexibility index (Phi) is 15.7. The molecule has 4 fully saturated rings. The summed E-state index contributed by atoms with van der Waals surface area (Å²) >= 11 is 0. The number of allylic oxidation sites excluding steroid dienone is 2. The van der Waals surface area contributed by atoms with Crippen molar-refractivity contribution in [1.29, 1.82) is 0 Å². The third-order valence-corrected chi connectivity index (χ3v) is 13.1. The van der Waals surface area contributed by atoms with Crippen LogP contribution in [0.2, 0.25) is 0 Å². The molecule has 0 heterocycles. The Morgan fingerprint density at radius 3 is 2.21 bits per heavy atom. The summed E-state index contributed by atoms with van der Waals surface area (Å²) in [6.45, 7) is 24.9. The molecular weight excluding hydrogens is 506 g/mol. The normalized spacial score (nSPS) is 39.6. The number of hydrogen-bond acceptors (Lipinski definition) is 1. The van der Waals surface area contributed by atoms with Gasteiger partial charge in [0.05, 0.1) is 0 Å². The fourth-order valence-electron chi connectivity index (χ4n) is 11.0. The fraction of sp³-hybridized carbons (Fsp3) is 0.878. The molecule has 4 aliphatic rings. The van der Waals surface area contributed by atoms with Crippen LogP contribution in [0, 0.1) is 69.5 Å². The van der Waals surface area contributed by atoms with E-state index in [0.717, 1.165) is 60.0 Å². The van der Waals surface area contributed by atoms with Crippen molar-refractivity contribution in [1.82, 2.24) is 0 Å². The van der Waals surface area contributed by atoms with Crippen molar-refractivity contribution in [3.63, 3.8) is 0 Å². The summed E-state index contributed by atoms with van der Waals surface area (Å²) in [6, 6.07) is 0. The fourth-order valence-corrected chi connectivity index (χ4v) is 11.0. The molecule has 1 unspecified atom stereocenters. The maximum atomic E-state index is 4.18. The Bertz CT molecular complexity index is 917. The summed E-state index contributed by atoms with van der Waals surface area (Å²) in [4.78, 5) is 4.18. The quantitative estimate of drug-likeness (QED) is 0.200. The van der Waals surface area contributed by atoms with Gasteiger partial charge in [-0.15, -0.1) is 5.92 Å². The van der Waals surface area contributed by atoms with Crippen LogP contribution in [0.1, 0.15) is 168 Å². The molecule has 0 aromatic rings. The average Bonchev–Trinajstić information content (AvgIpc) is 3.29. The van der Waals surface area contributed by atoms with Gasteiger partial charge in [0, 0.05) is 18.3 Å². The van der Waals surface area contributed by atoms with Gasteiger partial charge in [-0.05, 0) is 136 Å². The highest BCUT2D eigenvalue weighted by atomic mass is 14.7. The van der Waals surface area contributed by atoms with Gasteiger partial charge in [0.1, 0.15) is 0 Å². The Balaban J connectivity index is 0.000000585. The number of fused-ring (bicyclic) bond motifs is 5. The van der Waals surface area contributed by atoms with Crippen LogP contribution in [0.4, 0.5) is 0 Å². The van der Waals surface area contributed by atoms with Gasteiger partial charge < -0.3 is 0 Å². The summed E-state index contributed by atoms with van der Waals surface area (Å²) in [6.07, 6.45) is 22.9. The van der Waals surface area contributed by atoms with Crippen molar-refractivity contribution in [3.8, 4) is 11.8 Å². The van der Waals surface area contributed by atoms with Crippen LogP contribution in [-0.2, 0) is 0 Å². The molecule has 0 radical (unpaired) electrons. The molecule has 244 valence electrons. The molecule has 4 saturated carbocycles. The van der Waals surface area contributed by atoms with E-state index in [9.17, 15) is 0 Å². The maximum Gasteiger partial charge on any atom is 0.0387 e. The first-order chi connectivity index (χ1) is 19.1. The average molecular weight is 582 g/mol. The van der Waals surface area contributed by atoms with E-state index in [0.29, 0.717) is 16.2 Å². The van der Waals surface area contributed by atoms with Gasteiger partial charge in [-0.25, -0.2) is 0 Å². The molecule has 42 heavy (non-hydrogen) atoms. The smallest absolute Gasteiger partial charge is 0.0387 e. The lowest BCUT2D eigenvalue weighted by atomic mass is 9.40. The van der Waals surface area contributed by atoms with Gasteiger partial charge in [-0.2, -0.15) is 0 Å². The zero-order valence-electron chi connectivity index (χ0n) is 28.5. The molecule has 0 aromatic heterocycles. The van der Waals surface area contributed by atoms with Crippen molar-refractivity contribution < 1.29 is 0 Å². The van der Waals surface area contributed by atoms with Crippen LogP contribution in [-0.4, -0.2) is 12.8 Å². The van der Waals surface area contributed by atoms with Crippen LogP contribution in [0.15, 0.2) is 16.6 Å². The van der Waals surface area contributed by atoms with Gasteiger partial charge in [-0.3, -0.25) is 4.99 Å². The Hall–Kier alpha value is -1.03. The number of hydrogen-bond donors (Lipinski definition) is 0. The minimum Gasteiger partial charge on any atom is -0.292 e. The topological polar surface area (TPSA) is 12.4 Å². The van der Waals surface area contributed by atoms with Crippen molar-refractivity contribution in [3.05, 3.63) is 11.6 Å². The van der Waals surface area contributed by atoms with Crippen LogP contribution in [0.25, 0.3) is 0 Å². The number of aliphatic imine (C=N–C) groups is 1. The first-order valence-electron chi connectivity index (χ1n) is 17.7. The molecule has 10 atom stereocenters. The van der Waals surface area contributed by atoms with Crippen molar-refractivity contribution in [2.45, 2.75) is 168 Å². The third kappa shape index (κ3) is 7.97. The largest absolute Gasteiger partial charge is 0.292 e. The summed E-state index contributed by atoms with van der Waals surface area (Å²) in [5.41, 5.74) is 2.94. The lowest BCUT2D eigenvalue weighted by molar-refractivity contribution is -0.160. The number of rotatable bonds is 8. The van der Waals surface area contributed by atoms with E-state index >= 15 is 0 Å². The Morgan fingerprint density at radius 2 is 1.64 bits per heavy atom. The molecule has 0 aromatic carbocycles. The second-order valence-electron chi connectivity index (χ2n) is 15.4. The standard InChI is InChI=1S/C29H52.C10H15N.2CH4/c1-8-15-27(5)16-17-28(6)22(19-27)11-12-23-25-14-13-24(20(4)9-2)29(25,7)18-21(10-3)26(23)28;1-4-7-10(6-3)9-11-8-5-2;;/h20-26H,8-19H2,1-7H3;6,9H,5,8H2,1-3H3;2*1H4/b;10-6-,11-9?;;/t20-,21+,22-,23?,24-,25+,26+,27+,28+,29-;;;/m1.../s1. The van der Waals surface area contributed by atoms with E-state index in [1.807, 2.05) is 26.1 Å². The van der Waals surface area contributed by atoms with E-state index in [1.165, 1.54) is 51.4 Å². The zero-order chi connectivity index (χ0) is 29.6. The molecular formula is C41H75N. The van der Waals surface area contributed by atoms with Crippen LogP contribution in [0.3, 0.4) is 0 Å². The predicted molar refractivity (Wildman–Crippen MR) is 191 cm³/mol. The molecule has 0 saturated heterocycles. The summed E-state index contributed by atoms with van der Waals surface area (Å²) < 4.78 is 0. The minimum atomic E-state index is 0. The first-order valence-corrected chi connectivity index (χ1v) is 17.7. The van der Waals surface area contributed by atoms with E-state index in [2.05, 4.69) is 72.2 Å². The zero-order valence-corrected chi connectivity index (χ0v) is 28.5. The lowest BCUT2D eigenvalue weighted by Crippen LogP contribution is -2.57. The summed E-state index contributed by atoms with van der Waals surface area (Å²) in [5.74, 6) is 12.8. The predicted octanol–water partition coefficient (Wildman–Crippen LogP) is 12.8. The van der Waals surface area contributed by atoms with Gasteiger partial charge in [0.2, 0.25) is 0 Å². The van der Waals surface area contributed by atoms with E-state index < -0.39 is 0 Å². The van der Waals surface area contributed by atoms with E-state index in [1.54, 1.807) is 25.7 Å². The van der Waals surface area contributed by atoms with Gasteiger partial charge in [0.15, 0.2) is 0 Å². The maximum absolute atomic E-state index is 4.18. The lowest BCUT2D eigenvalue weighted by Gasteiger charge is -2.65. The molecule has 0 spiro atoms. The van der Waals surface area contributed by atoms with Gasteiger partial charge in [-0.1, -0.05) is 102 Å². The van der Waals surface area contributed by atoms with Crippen LogP contribution in [0.5, 0.6) is 0 Å². The van der Waals surface area contributed by atoms with Crippen LogP contribution < -0.4 is 0 Å². The molecule has 0 aliphatic heterocycles. The van der Waals surface area contributed by atoms with Crippen molar-refractivity contribution in [2.24, 2.45) is 62.7 Å². The van der Waals surface area contributed by atoms with Crippen molar-refractivity contribution >= 4 is 6.21 Å². The highest BCUT2D eigenvalue weighted by molar-refractivity contribution is 5.84. The van der Waals surface area contributed by atoms with Gasteiger partial charge >= 0.3 is 0 Å². The Morgan fingerprint density at radius 1 is 0.929 bits per heavy atom. The molecule has 0 N–H and O–H groups in total. The van der Waals surface area contributed by atoms with E-state index in [-0.39, 0.29) is 14.9 Å². The molecule has 4 aliphatic carbocycles. The van der Waals surface area contributed by atoms with Crippen LogP contribution >= 0.6 is 0 Å². The second kappa shape index (κ2) is 16.9. The molecule has 0 bridgehead atoms. The molecule has 0 amide bonds. The summed E-state index contributed by atoms with van der Waals surface area (Å²) in [5, 5.41) is 0. The monoisotopic (exact) mass is 582 g/mol. The number of nitrogens with zero attached hydrogens (tertiary/aromatic N) is 1. The highest BCUT2D eigenvalue weighted by Crippen LogP contribution is 2.71. The van der Waals surface area contributed by atoms with E-state index in [4.69, 9.17) is 0 Å².